The molecule has 8 heteroatoms. The SMILES string of the molecule is C[C@@H]1CN(C(=O)Cn2cnc3c(oc4ccccc43)c2=O)C[C@H]1C(=O)O. The van der Waals surface area contributed by atoms with Crippen molar-refractivity contribution < 1.29 is 19.1 Å². The molecular formula is C18H17N3O5. The van der Waals surface area contributed by atoms with E-state index in [1.165, 1.54) is 15.8 Å². The molecule has 1 saturated heterocycles. The Morgan fingerprint density at radius 1 is 1.31 bits per heavy atom. The maximum atomic E-state index is 12.6. The van der Waals surface area contributed by atoms with Crippen LogP contribution in [0.5, 0.6) is 0 Å². The Balaban J connectivity index is 1.62. The summed E-state index contributed by atoms with van der Waals surface area (Å²) in [5.74, 6) is -1.91. The lowest BCUT2D eigenvalue weighted by Gasteiger charge is -2.16. The van der Waals surface area contributed by atoms with E-state index in [1.54, 1.807) is 19.1 Å². The Labute approximate surface area is 147 Å². The lowest BCUT2D eigenvalue weighted by atomic mass is 9.99. The molecule has 4 rings (SSSR count). The number of benzene rings is 1. The van der Waals surface area contributed by atoms with Crippen molar-refractivity contribution in [1.29, 1.82) is 0 Å². The highest BCUT2D eigenvalue weighted by Crippen LogP contribution is 2.25. The highest BCUT2D eigenvalue weighted by Gasteiger charge is 2.36. The molecule has 1 fully saturated rings. The van der Waals surface area contributed by atoms with Gasteiger partial charge in [0.1, 0.15) is 17.6 Å². The summed E-state index contributed by atoms with van der Waals surface area (Å²) in [5, 5.41) is 9.94. The van der Waals surface area contributed by atoms with E-state index in [4.69, 9.17) is 4.42 Å². The van der Waals surface area contributed by atoms with Crippen molar-refractivity contribution in [2.75, 3.05) is 13.1 Å². The minimum atomic E-state index is -0.907. The minimum Gasteiger partial charge on any atom is -0.481 e. The number of fused-ring (bicyclic) bond motifs is 3. The van der Waals surface area contributed by atoms with Crippen LogP contribution in [0.4, 0.5) is 0 Å². The third kappa shape index (κ3) is 2.54. The van der Waals surface area contributed by atoms with E-state index in [-0.39, 0.29) is 30.5 Å². The number of carbonyl (C=O) groups is 2. The zero-order valence-corrected chi connectivity index (χ0v) is 14.1. The molecular weight excluding hydrogens is 338 g/mol. The van der Waals surface area contributed by atoms with Crippen molar-refractivity contribution in [3.8, 4) is 0 Å². The van der Waals surface area contributed by atoms with Crippen LogP contribution in [-0.2, 0) is 16.1 Å². The van der Waals surface area contributed by atoms with E-state index in [9.17, 15) is 19.5 Å². The summed E-state index contributed by atoms with van der Waals surface area (Å²) in [5.41, 5.74) is 0.713. The normalized spacial score (nSPS) is 20.1. The topological polar surface area (TPSA) is 106 Å². The van der Waals surface area contributed by atoms with E-state index in [0.717, 1.165) is 5.39 Å². The molecule has 1 aliphatic rings. The second kappa shape index (κ2) is 5.98. The van der Waals surface area contributed by atoms with Crippen molar-refractivity contribution in [3.63, 3.8) is 0 Å². The molecule has 3 aromatic rings. The van der Waals surface area contributed by atoms with Gasteiger partial charge in [0, 0.05) is 18.5 Å². The van der Waals surface area contributed by atoms with Gasteiger partial charge in [-0.05, 0) is 18.1 Å². The Morgan fingerprint density at radius 3 is 2.81 bits per heavy atom. The van der Waals surface area contributed by atoms with Gasteiger partial charge in [-0.25, -0.2) is 4.98 Å². The van der Waals surface area contributed by atoms with Gasteiger partial charge in [0.15, 0.2) is 0 Å². The van der Waals surface area contributed by atoms with Crippen LogP contribution in [-0.4, -0.2) is 44.5 Å². The van der Waals surface area contributed by atoms with Crippen molar-refractivity contribution in [3.05, 3.63) is 40.9 Å². The van der Waals surface area contributed by atoms with Gasteiger partial charge in [0.05, 0.1) is 12.2 Å². The molecule has 0 unspecified atom stereocenters. The zero-order valence-electron chi connectivity index (χ0n) is 14.1. The molecule has 26 heavy (non-hydrogen) atoms. The molecule has 8 nitrogen and oxygen atoms in total. The number of carboxylic acid groups (broad SMARTS) is 1. The number of furan rings is 1. The summed E-state index contributed by atoms with van der Waals surface area (Å²) < 4.78 is 6.80. The molecule has 0 bridgehead atoms. The fourth-order valence-electron chi connectivity index (χ4n) is 3.47. The second-order valence-corrected chi connectivity index (χ2v) is 6.67. The van der Waals surface area contributed by atoms with E-state index in [2.05, 4.69) is 4.98 Å². The fraction of sp³-hybridized carbons (Fsp3) is 0.333. The number of rotatable bonds is 3. The van der Waals surface area contributed by atoms with Crippen molar-refractivity contribution in [2.24, 2.45) is 11.8 Å². The van der Waals surface area contributed by atoms with Gasteiger partial charge in [0.25, 0.3) is 5.56 Å². The van der Waals surface area contributed by atoms with E-state index in [1.807, 2.05) is 12.1 Å². The summed E-state index contributed by atoms with van der Waals surface area (Å²) in [6.45, 7) is 2.13. The number of para-hydroxylation sites is 1. The van der Waals surface area contributed by atoms with Gasteiger partial charge < -0.3 is 14.4 Å². The first-order chi connectivity index (χ1) is 12.5. The lowest BCUT2D eigenvalue weighted by molar-refractivity contribution is -0.142. The Morgan fingerprint density at radius 2 is 2.08 bits per heavy atom. The van der Waals surface area contributed by atoms with Crippen LogP contribution in [0.2, 0.25) is 0 Å². The number of aliphatic carboxylic acids is 1. The third-order valence-corrected chi connectivity index (χ3v) is 4.94. The quantitative estimate of drug-likeness (QED) is 0.760. The van der Waals surface area contributed by atoms with Gasteiger partial charge in [-0.3, -0.25) is 19.0 Å². The molecule has 0 spiro atoms. The number of aromatic nitrogens is 2. The zero-order chi connectivity index (χ0) is 18.4. The molecule has 0 radical (unpaired) electrons. The first kappa shape index (κ1) is 16.3. The Bertz CT molecular complexity index is 1080. The van der Waals surface area contributed by atoms with Crippen molar-refractivity contribution in [2.45, 2.75) is 13.5 Å². The van der Waals surface area contributed by atoms with E-state index >= 15 is 0 Å². The van der Waals surface area contributed by atoms with Crippen molar-refractivity contribution in [1.82, 2.24) is 14.5 Å². The molecule has 1 N–H and O–H groups in total. The summed E-state index contributed by atoms with van der Waals surface area (Å²) in [7, 11) is 0. The average Bonchev–Trinajstić information content (AvgIpc) is 3.18. The molecule has 1 amide bonds. The lowest BCUT2D eigenvalue weighted by Crippen LogP contribution is -2.35. The summed E-state index contributed by atoms with van der Waals surface area (Å²) in [6.07, 6.45) is 1.33. The van der Waals surface area contributed by atoms with Crippen molar-refractivity contribution >= 4 is 33.9 Å². The summed E-state index contributed by atoms with van der Waals surface area (Å²) >= 11 is 0. The van der Waals surface area contributed by atoms with E-state index in [0.29, 0.717) is 17.6 Å². The number of carbonyl (C=O) groups excluding carboxylic acids is 1. The minimum absolute atomic E-state index is 0.111. The van der Waals surface area contributed by atoms with Crippen LogP contribution in [0.3, 0.4) is 0 Å². The number of carboxylic acids is 1. The fourth-order valence-corrected chi connectivity index (χ4v) is 3.47. The first-order valence-corrected chi connectivity index (χ1v) is 8.33. The number of amides is 1. The predicted octanol–water partition coefficient (Wildman–Crippen LogP) is 1.32. The molecule has 134 valence electrons. The van der Waals surface area contributed by atoms with Gasteiger partial charge in [-0.15, -0.1) is 0 Å². The van der Waals surface area contributed by atoms with Crippen LogP contribution >= 0.6 is 0 Å². The molecule has 0 aliphatic carbocycles. The first-order valence-electron chi connectivity index (χ1n) is 8.33. The largest absolute Gasteiger partial charge is 0.481 e. The van der Waals surface area contributed by atoms with Gasteiger partial charge in [0.2, 0.25) is 11.5 Å². The van der Waals surface area contributed by atoms with Crippen LogP contribution in [0, 0.1) is 11.8 Å². The Hall–Kier alpha value is -3.16. The molecule has 1 aliphatic heterocycles. The van der Waals surface area contributed by atoms with E-state index < -0.39 is 17.4 Å². The smallest absolute Gasteiger partial charge is 0.308 e. The van der Waals surface area contributed by atoms with Crippen LogP contribution in [0.15, 0.2) is 39.8 Å². The molecule has 0 saturated carbocycles. The maximum absolute atomic E-state index is 12.6. The number of nitrogens with zero attached hydrogens (tertiary/aromatic N) is 3. The number of hydrogen-bond acceptors (Lipinski definition) is 5. The number of hydrogen-bond donors (Lipinski definition) is 1. The molecule has 3 heterocycles. The summed E-state index contributed by atoms with van der Waals surface area (Å²) in [4.78, 5) is 42.1. The molecule has 2 atom stereocenters. The second-order valence-electron chi connectivity index (χ2n) is 6.67. The highest BCUT2D eigenvalue weighted by atomic mass is 16.4. The third-order valence-electron chi connectivity index (χ3n) is 4.94. The van der Waals surface area contributed by atoms with Crippen LogP contribution < -0.4 is 5.56 Å². The van der Waals surface area contributed by atoms with Gasteiger partial charge in [-0.2, -0.15) is 0 Å². The van der Waals surface area contributed by atoms with Crippen LogP contribution in [0.1, 0.15) is 6.92 Å². The maximum Gasteiger partial charge on any atom is 0.308 e. The van der Waals surface area contributed by atoms with Gasteiger partial charge >= 0.3 is 5.97 Å². The highest BCUT2D eigenvalue weighted by molar-refractivity contribution is 6.01. The standard InChI is InChI=1S/C18H17N3O5/c1-10-6-20(7-12(10)18(24)25)14(22)8-21-9-19-15-11-4-2-3-5-13(11)26-16(15)17(21)23/h2-5,9-10,12H,6-8H2,1H3,(H,24,25)/t10-,12-/m1/s1. The Kier molecular flexibility index (Phi) is 3.75. The molecule has 1 aromatic carbocycles. The summed E-state index contributed by atoms with van der Waals surface area (Å²) in [6, 6.07) is 7.21. The van der Waals surface area contributed by atoms with Crippen LogP contribution in [0.25, 0.3) is 22.1 Å². The average molecular weight is 355 g/mol. The molecule has 2 aromatic heterocycles. The predicted molar refractivity (Wildman–Crippen MR) is 92.6 cm³/mol. The number of likely N-dealkylation sites (tertiary alicyclic amines) is 1. The van der Waals surface area contributed by atoms with Gasteiger partial charge in [-0.1, -0.05) is 19.1 Å². The monoisotopic (exact) mass is 355 g/mol.